The van der Waals surface area contributed by atoms with Crippen molar-refractivity contribution in [3.63, 3.8) is 0 Å². The van der Waals surface area contributed by atoms with Gasteiger partial charge in [0.25, 0.3) is 0 Å². The molecule has 0 N–H and O–H groups in total. The lowest BCUT2D eigenvalue weighted by molar-refractivity contribution is 0.352. The van der Waals surface area contributed by atoms with Crippen LogP contribution in [-0.4, -0.2) is 13.6 Å². The first-order valence-corrected chi connectivity index (χ1v) is 6.89. The Bertz CT molecular complexity index is 60.0. The maximum absolute atomic E-state index is 12.2. The van der Waals surface area contributed by atoms with Crippen molar-refractivity contribution in [3.8, 4) is 0 Å². The fourth-order valence-corrected chi connectivity index (χ4v) is 2.24. The maximum Gasteiger partial charge on any atom is 0.239 e. The lowest BCUT2D eigenvalue weighted by Crippen LogP contribution is -2.04. The minimum absolute atomic E-state index is 0.389. The molecule has 0 spiro atoms. The van der Waals surface area contributed by atoms with E-state index in [0.29, 0.717) is 12.5 Å². The number of rotatable bonds is 3. The van der Waals surface area contributed by atoms with Gasteiger partial charge in [-0.1, -0.05) is 6.92 Å². The quantitative estimate of drug-likeness (QED) is 0.456. The third-order valence-corrected chi connectivity index (χ3v) is 2.81. The average Bonchev–Trinajstić information content (AvgIpc) is 1.65. The van der Waals surface area contributed by atoms with Gasteiger partial charge in [0, 0.05) is 0 Å². The van der Waals surface area contributed by atoms with Gasteiger partial charge in [0.15, 0.2) is 0 Å². The fourth-order valence-electron chi connectivity index (χ4n) is 0.360. The smallest absolute Gasteiger partial charge is 0.239 e. The fraction of sp³-hybridized carbons (Fsp3) is 1.00. The molecule has 0 aromatic rings. The highest BCUT2D eigenvalue weighted by Crippen LogP contribution is 2.11. The van der Waals surface area contributed by atoms with Crippen LogP contribution in [0.15, 0.2) is 0 Å². The van der Waals surface area contributed by atoms with Crippen molar-refractivity contribution in [2.24, 2.45) is 0 Å². The Morgan fingerprint density at radius 1 is 1.62 bits per heavy atom. The van der Waals surface area contributed by atoms with Gasteiger partial charge in [-0.05, 0) is 12.5 Å². The highest BCUT2D eigenvalue weighted by atomic mass is 35.7. The van der Waals surface area contributed by atoms with Crippen molar-refractivity contribution in [1.82, 2.24) is 0 Å². The largest absolute Gasteiger partial charge is 0.248 e. The summed E-state index contributed by atoms with van der Waals surface area (Å²) < 4.78 is 12.2. The molecule has 1 unspecified atom stereocenters. The zero-order valence-electron chi connectivity index (χ0n) is 4.70. The van der Waals surface area contributed by atoms with Crippen molar-refractivity contribution in [3.05, 3.63) is 0 Å². The number of halogens is 3. The van der Waals surface area contributed by atoms with Crippen molar-refractivity contribution < 1.29 is 4.39 Å². The molecular weight excluding hydrogens is 166 g/mol. The minimum atomic E-state index is -1.68. The molecule has 0 aromatic carbocycles. The molecule has 0 nitrogen and oxygen atoms in total. The van der Waals surface area contributed by atoms with E-state index in [1.54, 1.807) is 6.92 Å². The average molecular weight is 175 g/mol. The van der Waals surface area contributed by atoms with Gasteiger partial charge in [-0.3, -0.25) is 0 Å². The third-order valence-electron chi connectivity index (χ3n) is 0.877. The normalized spacial score (nSPS) is 14.6. The van der Waals surface area contributed by atoms with Gasteiger partial charge in [-0.2, -0.15) is 22.2 Å². The second-order valence-corrected chi connectivity index (χ2v) is 6.72. The molecule has 0 aliphatic rings. The summed E-state index contributed by atoms with van der Waals surface area (Å²) in [5, 5.41) is 0. The molecule has 0 saturated heterocycles. The standard InChI is InChI=1S/C4H9Cl2FSi/c1-2-4(7)3-8(5)6/h4,8H,2-3H2,1H3. The van der Waals surface area contributed by atoms with Crippen LogP contribution in [0, 0.1) is 0 Å². The van der Waals surface area contributed by atoms with E-state index in [2.05, 4.69) is 0 Å². The third kappa shape index (κ3) is 4.88. The molecule has 8 heavy (non-hydrogen) atoms. The lowest BCUT2D eigenvalue weighted by atomic mass is 10.3. The van der Waals surface area contributed by atoms with Crippen LogP contribution >= 0.6 is 22.2 Å². The molecule has 0 rings (SSSR count). The van der Waals surface area contributed by atoms with Crippen LogP contribution in [0.3, 0.4) is 0 Å². The van der Waals surface area contributed by atoms with E-state index >= 15 is 0 Å². The van der Waals surface area contributed by atoms with E-state index in [9.17, 15) is 4.39 Å². The summed E-state index contributed by atoms with van der Waals surface area (Å²) in [6.45, 7) is 1.79. The topological polar surface area (TPSA) is 0 Å². The van der Waals surface area contributed by atoms with Crippen LogP contribution in [0.2, 0.25) is 6.04 Å². The van der Waals surface area contributed by atoms with E-state index in [1.165, 1.54) is 0 Å². The molecule has 0 aliphatic heterocycles. The van der Waals surface area contributed by atoms with Crippen molar-refractivity contribution in [2.45, 2.75) is 25.6 Å². The van der Waals surface area contributed by atoms with Gasteiger partial charge in [0.2, 0.25) is 7.42 Å². The molecule has 0 aromatic heterocycles. The van der Waals surface area contributed by atoms with Crippen LogP contribution in [0.5, 0.6) is 0 Å². The van der Waals surface area contributed by atoms with Crippen LogP contribution < -0.4 is 0 Å². The van der Waals surface area contributed by atoms with Gasteiger partial charge in [0.1, 0.15) is 0 Å². The molecule has 1 atom stereocenters. The van der Waals surface area contributed by atoms with E-state index in [-0.39, 0.29) is 0 Å². The van der Waals surface area contributed by atoms with Crippen LogP contribution in [0.4, 0.5) is 4.39 Å². The number of alkyl halides is 1. The Morgan fingerprint density at radius 3 is 2.25 bits per heavy atom. The summed E-state index contributed by atoms with van der Waals surface area (Å²) in [6, 6.07) is 0.389. The van der Waals surface area contributed by atoms with E-state index in [4.69, 9.17) is 22.2 Å². The molecule has 0 fully saturated rings. The summed E-state index contributed by atoms with van der Waals surface area (Å²) in [5.41, 5.74) is 0. The Kier molecular flexibility index (Phi) is 5.01. The molecule has 0 heterocycles. The first-order valence-electron chi connectivity index (χ1n) is 2.59. The van der Waals surface area contributed by atoms with E-state index in [1.807, 2.05) is 0 Å². The Morgan fingerprint density at radius 2 is 2.12 bits per heavy atom. The van der Waals surface area contributed by atoms with Crippen LogP contribution in [0.1, 0.15) is 13.3 Å². The molecule has 0 amide bonds. The highest BCUT2D eigenvalue weighted by Gasteiger charge is 2.09. The Hall–Kier alpha value is 0.727. The molecule has 50 valence electrons. The second kappa shape index (κ2) is 4.59. The van der Waals surface area contributed by atoms with Crippen molar-refractivity contribution in [2.75, 3.05) is 0 Å². The van der Waals surface area contributed by atoms with Gasteiger partial charge >= 0.3 is 0 Å². The van der Waals surface area contributed by atoms with Crippen LogP contribution in [-0.2, 0) is 0 Å². The highest BCUT2D eigenvalue weighted by molar-refractivity contribution is 7.33. The van der Waals surface area contributed by atoms with Crippen LogP contribution in [0.25, 0.3) is 0 Å². The number of hydrogen-bond acceptors (Lipinski definition) is 0. The summed E-state index contributed by atoms with van der Waals surface area (Å²) >= 11 is 10.8. The van der Waals surface area contributed by atoms with Gasteiger partial charge in [-0.15, -0.1) is 0 Å². The van der Waals surface area contributed by atoms with Gasteiger partial charge in [-0.25, -0.2) is 4.39 Å². The zero-order valence-corrected chi connectivity index (χ0v) is 7.37. The summed E-state index contributed by atoms with van der Waals surface area (Å²) in [6.07, 6.45) is -0.246. The second-order valence-electron chi connectivity index (χ2n) is 1.63. The Labute approximate surface area is 60.0 Å². The molecular formula is C4H9Cl2FSi. The first kappa shape index (κ1) is 8.73. The number of hydrogen-bond donors (Lipinski definition) is 0. The maximum atomic E-state index is 12.2. The van der Waals surface area contributed by atoms with Gasteiger partial charge in [0.05, 0.1) is 6.17 Å². The minimum Gasteiger partial charge on any atom is -0.248 e. The first-order chi connectivity index (χ1) is 3.66. The molecule has 0 bridgehead atoms. The predicted molar refractivity (Wildman–Crippen MR) is 38.8 cm³/mol. The summed E-state index contributed by atoms with van der Waals surface area (Å²) in [5.74, 6) is 0. The van der Waals surface area contributed by atoms with E-state index in [0.717, 1.165) is 0 Å². The zero-order chi connectivity index (χ0) is 6.57. The Balaban J connectivity index is 3.10. The summed E-state index contributed by atoms with van der Waals surface area (Å²) in [7, 11) is -1.68. The SMILES string of the molecule is CCC(F)C[SiH](Cl)Cl. The molecule has 0 radical (unpaired) electrons. The summed E-state index contributed by atoms with van der Waals surface area (Å²) in [4.78, 5) is 0. The molecule has 4 heteroatoms. The van der Waals surface area contributed by atoms with Crippen molar-refractivity contribution >= 4 is 29.6 Å². The van der Waals surface area contributed by atoms with Gasteiger partial charge < -0.3 is 0 Å². The lowest BCUT2D eigenvalue weighted by Gasteiger charge is -2.01. The predicted octanol–water partition coefficient (Wildman–Crippen LogP) is 2.43. The monoisotopic (exact) mass is 174 g/mol. The van der Waals surface area contributed by atoms with E-state index < -0.39 is 13.6 Å². The molecule has 0 aliphatic carbocycles. The van der Waals surface area contributed by atoms with Crippen molar-refractivity contribution in [1.29, 1.82) is 0 Å². The molecule has 0 saturated carbocycles.